The van der Waals surface area contributed by atoms with Crippen molar-refractivity contribution in [1.29, 1.82) is 0 Å². The monoisotopic (exact) mass is 647 g/mol. The fourth-order valence-corrected chi connectivity index (χ4v) is 5.32. The van der Waals surface area contributed by atoms with Crippen molar-refractivity contribution in [2.45, 2.75) is 32.2 Å². The van der Waals surface area contributed by atoms with E-state index >= 15 is 0 Å². The Labute approximate surface area is 269 Å². The second-order valence-corrected chi connectivity index (χ2v) is 10.9. The number of rotatable bonds is 8. The molecule has 1 aliphatic rings. The first-order valence-corrected chi connectivity index (χ1v) is 14.8. The quantitative estimate of drug-likeness (QED) is 0.190. The highest BCUT2D eigenvalue weighted by atomic mass is 19.4. The number of methoxy groups -OCH3 is 1. The molecule has 4 aromatic rings. The number of ether oxygens (including phenoxy) is 3. The van der Waals surface area contributed by atoms with Crippen LogP contribution in [0.25, 0.3) is 11.1 Å². The minimum absolute atomic E-state index is 0.152. The molecule has 3 amide bonds. The Morgan fingerprint density at radius 3 is 2.15 bits per heavy atom. The van der Waals surface area contributed by atoms with Crippen molar-refractivity contribution in [2.75, 3.05) is 30.8 Å². The van der Waals surface area contributed by atoms with Gasteiger partial charge in [0.05, 0.1) is 12.7 Å². The summed E-state index contributed by atoms with van der Waals surface area (Å²) >= 11 is 0. The molecule has 1 heterocycles. The van der Waals surface area contributed by atoms with Crippen molar-refractivity contribution in [3.8, 4) is 22.6 Å². The van der Waals surface area contributed by atoms with Gasteiger partial charge >= 0.3 is 18.4 Å². The van der Waals surface area contributed by atoms with E-state index < -0.39 is 18.2 Å². The van der Waals surface area contributed by atoms with E-state index in [0.717, 1.165) is 5.56 Å². The zero-order valence-corrected chi connectivity index (χ0v) is 25.6. The number of aryl methyl sites for hydroxylation is 1. The van der Waals surface area contributed by atoms with Crippen molar-refractivity contribution in [1.82, 2.24) is 4.90 Å². The molecule has 0 bridgehead atoms. The third kappa shape index (κ3) is 8.60. The van der Waals surface area contributed by atoms with Crippen molar-refractivity contribution in [3.05, 3.63) is 108 Å². The van der Waals surface area contributed by atoms with Crippen molar-refractivity contribution >= 4 is 29.3 Å². The standard InChI is InChI=1S/C35H32F3N3O6/c1-22-6-3-11-30(31(22)23-12-14-28(15-13-23)47-35(36,37)38)32(42)39-26-9-5-10-29(21-26)46-27-16-18-41(19-17-27)34(44)40-25-8-4-7-24(20-25)33(43)45-2/h3-15,20-21,27H,16-19H2,1-2H3,(H,39,42)(H,40,44). The fourth-order valence-electron chi connectivity index (χ4n) is 5.32. The summed E-state index contributed by atoms with van der Waals surface area (Å²) in [5.74, 6) is -0.688. The molecule has 5 rings (SSSR count). The SMILES string of the molecule is COC(=O)c1cccc(NC(=O)N2CCC(Oc3cccc(NC(=O)c4cccc(C)c4-c4ccc(OC(F)(F)F)cc4)c3)CC2)c1. The summed E-state index contributed by atoms with van der Waals surface area (Å²) in [5.41, 5.74) is 3.60. The Balaban J connectivity index is 1.18. The Morgan fingerprint density at radius 1 is 0.809 bits per heavy atom. The average molecular weight is 648 g/mol. The number of esters is 1. The summed E-state index contributed by atoms with van der Waals surface area (Å²) in [6.07, 6.45) is -3.78. The highest BCUT2D eigenvalue weighted by Crippen LogP contribution is 2.32. The third-order valence-electron chi connectivity index (χ3n) is 7.55. The van der Waals surface area contributed by atoms with Crippen LogP contribution in [0.3, 0.4) is 0 Å². The summed E-state index contributed by atoms with van der Waals surface area (Å²) in [5, 5.41) is 5.71. The molecule has 0 atom stereocenters. The van der Waals surface area contributed by atoms with Gasteiger partial charge in [-0.3, -0.25) is 4.79 Å². The number of hydrogen-bond acceptors (Lipinski definition) is 6. The lowest BCUT2D eigenvalue weighted by atomic mass is 9.94. The first-order chi connectivity index (χ1) is 22.5. The molecule has 0 spiro atoms. The number of nitrogens with one attached hydrogen (secondary N) is 2. The van der Waals surface area contributed by atoms with Gasteiger partial charge in [-0.25, -0.2) is 9.59 Å². The zero-order chi connectivity index (χ0) is 33.6. The van der Waals surface area contributed by atoms with E-state index in [1.807, 2.05) is 13.0 Å². The van der Waals surface area contributed by atoms with Crippen molar-refractivity contribution in [2.24, 2.45) is 0 Å². The number of halogens is 3. The highest BCUT2D eigenvalue weighted by Gasteiger charge is 2.31. The molecule has 47 heavy (non-hydrogen) atoms. The Morgan fingerprint density at radius 2 is 1.47 bits per heavy atom. The minimum Gasteiger partial charge on any atom is -0.490 e. The summed E-state index contributed by atoms with van der Waals surface area (Å²) in [7, 11) is 1.29. The first kappa shape index (κ1) is 32.9. The number of urea groups is 1. The topological polar surface area (TPSA) is 106 Å². The van der Waals surface area contributed by atoms with E-state index in [-0.39, 0.29) is 17.9 Å². The second-order valence-electron chi connectivity index (χ2n) is 10.9. The summed E-state index contributed by atoms with van der Waals surface area (Å²) in [6, 6.07) is 23.8. The van der Waals surface area contributed by atoms with Crippen LogP contribution in [0.1, 0.15) is 39.1 Å². The lowest BCUT2D eigenvalue weighted by molar-refractivity contribution is -0.274. The number of nitrogens with zero attached hydrogens (tertiary/aromatic N) is 1. The Bertz CT molecular complexity index is 1750. The summed E-state index contributed by atoms with van der Waals surface area (Å²) in [4.78, 5) is 39.7. The van der Waals surface area contributed by atoms with Crippen LogP contribution in [0.2, 0.25) is 0 Å². The molecule has 0 radical (unpaired) electrons. The van der Waals surface area contributed by atoms with Crippen LogP contribution < -0.4 is 20.1 Å². The Kier molecular flexibility index (Phi) is 9.98. The molecule has 12 heteroatoms. The van der Waals surface area contributed by atoms with Gasteiger partial charge in [0, 0.05) is 48.9 Å². The largest absolute Gasteiger partial charge is 0.573 e. The van der Waals surface area contributed by atoms with E-state index in [2.05, 4.69) is 15.4 Å². The van der Waals surface area contributed by atoms with Crippen LogP contribution in [0.5, 0.6) is 11.5 Å². The van der Waals surface area contributed by atoms with Gasteiger partial charge in [-0.1, -0.05) is 36.4 Å². The predicted octanol–water partition coefficient (Wildman–Crippen LogP) is 7.67. The van der Waals surface area contributed by atoms with Crippen molar-refractivity contribution < 1.29 is 41.8 Å². The fraction of sp³-hybridized carbons (Fsp3) is 0.229. The van der Waals surface area contributed by atoms with Gasteiger partial charge in [0.1, 0.15) is 17.6 Å². The number of hydrogen-bond donors (Lipinski definition) is 2. The number of anilines is 2. The predicted molar refractivity (Wildman–Crippen MR) is 170 cm³/mol. The molecule has 0 aromatic heterocycles. The number of carbonyl (C=O) groups is 3. The maximum absolute atomic E-state index is 13.4. The van der Waals surface area contributed by atoms with Crippen LogP contribution in [0, 0.1) is 6.92 Å². The molecule has 1 fully saturated rings. The van der Waals surface area contributed by atoms with Gasteiger partial charge in [-0.2, -0.15) is 0 Å². The second kappa shape index (κ2) is 14.3. The van der Waals surface area contributed by atoms with Gasteiger partial charge in [-0.15, -0.1) is 13.2 Å². The molecular weight excluding hydrogens is 615 g/mol. The van der Waals surface area contributed by atoms with Crippen LogP contribution in [-0.2, 0) is 4.74 Å². The van der Waals surface area contributed by atoms with Crippen LogP contribution in [0.4, 0.5) is 29.3 Å². The number of likely N-dealkylation sites (tertiary alicyclic amines) is 1. The van der Waals surface area contributed by atoms with Gasteiger partial charge in [0.15, 0.2) is 0 Å². The lowest BCUT2D eigenvalue weighted by Crippen LogP contribution is -2.43. The minimum atomic E-state index is -4.80. The number of carbonyl (C=O) groups excluding carboxylic acids is 3. The summed E-state index contributed by atoms with van der Waals surface area (Å²) < 4.78 is 52.7. The van der Waals surface area contributed by atoms with E-state index in [1.54, 1.807) is 65.6 Å². The molecule has 0 unspecified atom stereocenters. The number of benzene rings is 4. The maximum Gasteiger partial charge on any atom is 0.573 e. The normalized spacial score (nSPS) is 13.4. The average Bonchev–Trinajstić information content (AvgIpc) is 3.04. The van der Waals surface area contributed by atoms with Crippen LogP contribution in [0.15, 0.2) is 91.0 Å². The zero-order valence-electron chi connectivity index (χ0n) is 25.6. The smallest absolute Gasteiger partial charge is 0.490 e. The van der Waals surface area contributed by atoms with Gasteiger partial charge in [0.2, 0.25) is 0 Å². The molecule has 1 aliphatic heterocycles. The molecular formula is C35H32F3N3O6. The van der Waals surface area contributed by atoms with Crippen LogP contribution >= 0.6 is 0 Å². The van der Waals surface area contributed by atoms with E-state index in [9.17, 15) is 27.6 Å². The molecule has 1 saturated heterocycles. The number of amides is 3. The van der Waals surface area contributed by atoms with Crippen LogP contribution in [-0.4, -0.2) is 55.5 Å². The van der Waals surface area contributed by atoms with E-state index in [0.29, 0.717) is 65.3 Å². The lowest BCUT2D eigenvalue weighted by Gasteiger charge is -2.32. The van der Waals surface area contributed by atoms with Gasteiger partial charge in [0.25, 0.3) is 5.91 Å². The van der Waals surface area contributed by atoms with E-state index in [1.165, 1.54) is 31.4 Å². The summed E-state index contributed by atoms with van der Waals surface area (Å²) in [6.45, 7) is 2.74. The molecule has 9 nitrogen and oxygen atoms in total. The van der Waals surface area contributed by atoms with Gasteiger partial charge in [-0.05, 0) is 72.1 Å². The van der Waals surface area contributed by atoms with Gasteiger partial charge < -0.3 is 29.7 Å². The maximum atomic E-state index is 13.4. The number of piperidine rings is 1. The Hall–Kier alpha value is -5.52. The number of alkyl halides is 3. The van der Waals surface area contributed by atoms with E-state index in [4.69, 9.17) is 9.47 Å². The first-order valence-electron chi connectivity index (χ1n) is 14.8. The molecule has 0 aliphatic carbocycles. The molecule has 4 aromatic carbocycles. The molecule has 0 saturated carbocycles. The molecule has 244 valence electrons. The molecule has 2 N–H and O–H groups in total. The third-order valence-corrected chi connectivity index (χ3v) is 7.55. The highest BCUT2D eigenvalue weighted by molar-refractivity contribution is 6.09. The van der Waals surface area contributed by atoms with Crippen molar-refractivity contribution in [3.63, 3.8) is 0 Å².